The lowest BCUT2D eigenvalue weighted by Crippen LogP contribution is -2.31. The standard InChI is InChI=1S/C45H30N2O/c1-3-13-29(14-4-1)31-25-26-41-37(27-31)33-18-8-10-22-40(33)47(41)42-23-11-20-35-44-34(19-12-24-43(44)48-45(35)42)39-28-36(30-15-5-2-6-16-30)32-17-7-9-21-38(32)46-39/h1-28,38,46H. The summed E-state index contributed by atoms with van der Waals surface area (Å²) in [7, 11) is 0. The molecule has 0 radical (unpaired) electrons. The van der Waals surface area contributed by atoms with Crippen LogP contribution < -0.4 is 5.32 Å². The van der Waals surface area contributed by atoms with Crippen molar-refractivity contribution < 1.29 is 4.42 Å². The zero-order valence-corrected chi connectivity index (χ0v) is 26.1. The summed E-state index contributed by atoms with van der Waals surface area (Å²) in [6.45, 7) is 0. The summed E-state index contributed by atoms with van der Waals surface area (Å²) in [5, 5.41) is 8.51. The van der Waals surface area contributed by atoms with Gasteiger partial charge in [-0.25, -0.2) is 0 Å². The van der Waals surface area contributed by atoms with Crippen LogP contribution in [0.4, 0.5) is 0 Å². The topological polar surface area (TPSA) is 30.1 Å². The van der Waals surface area contributed by atoms with Crippen LogP contribution in [-0.4, -0.2) is 10.6 Å². The Hall–Kier alpha value is -6.32. The number of dihydropyridines is 1. The first-order chi connectivity index (χ1) is 23.8. The lowest BCUT2D eigenvalue weighted by Gasteiger charge is -2.29. The van der Waals surface area contributed by atoms with Crippen molar-refractivity contribution in [1.29, 1.82) is 0 Å². The molecule has 0 saturated heterocycles. The highest BCUT2D eigenvalue weighted by Crippen LogP contribution is 2.42. The molecule has 2 aromatic heterocycles. The molecule has 226 valence electrons. The molecule has 10 rings (SSSR count). The molecule has 48 heavy (non-hydrogen) atoms. The van der Waals surface area contributed by atoms with Gasteiger partial charge in [0.1, 0.15) is 5.58 Å². The van der Waals surface area contributed by atoms with Crippen molar-refractivity contribution in [1.82, 2.24) is 9.88 Å². The number of hydrogen-bond donors (Lipinski definition) is 1. The second kappa shape index (κ2) is 10.6. The van der Waals surface area contributed by atoms with E-state index in [9.17, 15) is 0 Å². The Kier molecular flexibility index (Phi) is 5.94. The van der Waals surface area contributed by atoms with Gasteiger partial charge >= 0.3 is 0 Å². The summed E-state index contributed by atoms with van der Waals surface area (Å²) in [4.78, 5) is 0. The third-order valence-corrected chi connectivity index (χ3v) is 9.83. The van der Waals surface area contributed by atoms with Gasteiger partial charge in [0.15, 0.2) is 5.58 Å². The maximum absolute atomic E-state index is 6.83. The van der Waals surface area contributed by atoms with E-state index in [1.165, 1.54) is 38.6 Å². The first-order valence-electron chi connectivity index (χ1n) is 16.5. The van der Waals surface area contributed by atoms with Crippen LogP contribution in [0.2, 0.25) is 0 Å². The van der Waals surface area contributed by atoms with Gasteiger partial charge in [-0.15, -0.1) is 0 Å². The summed E-state index contributed by atoms with van der Waals surface area (Å²) in [6, 6.07) is 49.8. The van der Waals surface area contributed by atoms with E-state index in [2.05, 4.69) is 180 Å². The number of nitrogens with one attached hydrogen (secondary N) is 1. The predicted molar refractivity (Wildman–Crippen MR) is 200 cm³/mol. The summed E-state index contributed by atoms with van der Waals surface area (Å²) >= 11 is 0. The van der Waals surface area contributed by atoms with Crippen LogP contribution in [0.5, 0.6) is 0 Å². The van der Waals surface area contributed by atoms with Crippen molar-refractivity contribution in [2.24, 2.45) is 0 Å². The van der Waals surface area contributed by atoms with Gasteiger partial charge in [0, 0.05) is 32.8 Å². The van der Waals surface area contributed by atoms with Gasteiger partial charge < -0.3 is 14.3 Å². The highest BCUT2D eigenvalue weighted by atomic mass is 16.3. The van der Waals surface area contributed by atoms with E-state index in [0.717, 1.165) is 49.9 Å². The summed E-state index contributed by atoms with van der Waals surface area (Å²) in [5.41, 5.74) is 13.5. The predicted octanol–water partition coefficient (Wildman–Crippen LogP) is 11.2. The second-order valence-corrected chi connectivity index (χ2v) is 12.5. The van der Waals surface area contributed by atoms with Crippen LogP contribution in [0.1, 0.15) is 11.1 Å². The van der Waals surface area contributed by atoms with Crippen molar-refractivity contribution in [2.75, 3.05) is 0 Å². The van der Waals surface area contributed by atoms with E-state index in [0.29, 0.717) is 0 Å². The molecule has 3 heteroatoms. The highest BCUT2D eigenvalue weighted by Gasteiger charge is 2.25. The van der Waals surface area contributed by atoms with E-state index < -0.39 is 0 Å². The first kappa shape index (κ1) is 26.9. The molecule has 0 saturated carbocycles. The Morgan fingerprint density at radius 1 is 0.583 bits per heavy atom. The normalized spacial score (nSPS) is 15.8. The first-order valence-corrected chi connectivity index (χ1v) is 16.5. The van der Waals surface area contributed by atoms with E-state index in [1.807, 2.05) is 0 Å². The number of hydrogen-bond acceptors (Lipinski definition) is 2. The molecule has 3 heterocycles. The average Bonchev–Trinajstić information content (AvgIpc) is 3.71. The molecule has 2 aliphatic rings. The number of benzene rings is 6. The minimum absolute atomic E-state index is 0.0903. The Balaban J connectivity index is 1.19. The number of rotatable bonds is 4. The Bertz CT molecular complexity index is 2680. The van der Waals surface area contributed by atoms with Gasteiger partial charge in [0.05, 0.1) is 22.8 Å². The van der Waals surface area contributed by atoms with Crippen molar-refractivity contribution in [2.45, 2.75) is 6.04 Å². The lowest BCUT2D eigenvalue weighted by atomic mass is 9.87. The number of allylic oxidation sites excluding steroid dienone is 4. The summed E-state index contributed by atoms with van der Waals surface area (Å²) in [6.07, 6.45) is 11.0. The zero-order chi connectivity index (χ0) is 31.6. The number of nitrogens with zero attached hydrogens (tertiary/aromatic N) is 1. The van der Waals surface area contributed by atoms with Gasteiger partial charge in [0.2, 0.25) is 0 Å². The molecule has 0 spiro atoms. The Morgan fingerprint density at radius 3 is 2.21 bits per heavy atom. The van der Waals surface area contributed by atoms with Crippen molar-refractivity contribution in [3.63, 3.8) is 0 Å². The van der Waals surface area contributed by atoms with Crippen LogP contribution >= 0.6 is 0 Å². The molecule has 0 amide bonds. The number of fused-ring (bicyclic) bond motifs is 7. The van der Waals surface area contributed by atoms with E-state index >= 15 is 0 Å². The quantitative estimate of drug-likeness (QED) is 0.214. The van der Waals surface area contributed by atoms with Gasteiger partial charge in [-0.2, -0.15) is 0 Å². The minimum atomic E-state index is 0.0903. The zero-order valence-electron chi connectivity index (χ0n) is 26.1. The van der Waals surface area contributed by atoms with Crippen molar-refractivity contribution in [3.05, 3.63) is 187 Å². The third-order valence-electron chi connectivity index (χ3n) is 9.83. The molecule has 1 N–H and O–H groups in total. The van der Waals surface area contributed by atoms with Gasteiger partial charge in [-0.05, 0) is 64.2 Å². The van der Waals surface area contributed by atoms with Crippen LogP contribution in [0.15, 0.2) is 180 Å². The number of aromatic nitrogens is 1. The third kappa shape index (κ3) is 4.08. The van der Waals surface area contributed by atoms with Crippen LogP contribution in [0.25, 0.3) is 71.8 Å². The maximum Gasteiger partial charge on any atom is 0.159 e. The van der Waals surface area contributed by atoms with Crippen molar-refractivity contribution >= 4 is 55.0 Å². The molecule has 1 aliphatic heterocycles. The largest absolute Gasteiger partial charge is 0.454 e. The Labute approximate surface area is 278 Å². The molecule has 0 fully saturated rings. The monoisotopic (exact) mass is 614 g/mol. The molecule has 6 aromatic carbocycles. The van der Waals surface area contributed by atoms with Crippen LogP contribution in [-0.2, 0) is 0 Å². The van der Waals surface area contributed by atoms with Crippen LogP contribution in [0, 0.1) is 0 Å². The maximum atomic E-state index is 6.83. The number of para-hydroxylation sites is 2. The van der Waals surface area contributed by atoms with Gasteiger partial charge in [-0.3, -0.25) is 0 Å². The second-order valence-electron chi connectivity index (χ2n) is 12.5. The van der Waals surface area contributed by atoms with Crippen molar-refractivity contribution in [3.8, 4) is 16.8 Å². The molecular formula is C45H30N2O. The van der Waals surface area contributed by atoms with E-state index in [-0.39, 0.29) is 6.04 Å². The van der Waals surface area contributed by atoms with Crippen LogP contribution in [0.3, 0.4) is 0 Å². The molecular weight excluding hydrogens is 585 g/mol. The van der Waals surface area contributed by atoms with Gasteiger partial charge in [-0.1, -0.05) is 133 Å². The molecule has 3 nitrogen and oxygen atoms in total. The van der Waals surface area contributed by atoms with E-state index in [1.54, 1.807) is 0 Å². The fourth-order valence-corrected chi connectivity index (χ4v) is 7.66. The SMILES string of the molecule is C1=CC2=C(c3ccccc3)C=C(c3cccc4oc5c(-n6c7ccccc7c7cc(-c8ccccc8)ccc76)cccc5c34)NC2C=C1. The van der Waals surface area contributed by atoms with E-state index in [4.69, 9.17) is 4.42 Å². The van der Waals surface area contributed by atoms with Gasteiger partial charge in [0.25, 0.3) is 0 Å². The fourth-order valence-electron chi connectivity index (χ4n) is 7.66. The highest BCUT2D eigenvalue weighted by molar-refractivity contribution is 6.15. The lowest BCUT2D eigenvalue weighted by molar-refractivity contribution is 0.666. The summed E-state index contributed by atoms with van der Waals surface area (Å²) in [5.74, 6) is 0. The number of furan rings is 1. The summed E-state index contributed by atoms with van der Waals surface area (Å²) < 4.78 is 9.20. The molecule has 8 aromatic rings. The molecule has 1 aliphatic carbocycles. The smallest absolute Gasteiger partial charge is 0.159 e. The average molecular weight is 615 g/mol. The minimum Gasteiger partial charge on any atom is -0.454 e. The Morgan fingerprint density at radius 2 is 1.33 bits per heavy atom. The fraction of sp³-hybridized carbons (Fsp3) is 0.0222. The molecule has 1 unspecified atom stereocenters. The molecule has 1 atom stereocenters. The molecule has 0 bridgehead atoms.